The van der Waals surface area contributed by atoms with E-state index in [0.717, 1.165) is 27.9 Å². The fraction of sp³-hybridized carbons (Fsp3) is 0.158. The maximum Gasteiger partial charge on any atom is 0.148 e. The van der Waals surface area contributed by atoms with Crippen molar-refractivity contribution in [1.29, 1.82) is 10.5 Å². The molecule has 2 aromatic heterocycles. The number of nitriles is 2. The van der Waals surface area contributed by atoms with Crippen molar-refractivity contribution in [2.24, 2.45) is 0 Å². The Morgan fingerprint density at radius 1 is 0.778 bits per heavy atom. The number of hydrogen-bond acceptors (Lipinski definition) is 5. The molecule has 0 bridgehead atoms. The molecule has 2 heterocycles. The van der Waals surface area contributed by atoms with Gasteiger partial charge in [0.05, 0.1) is 28.7 Å². The number of nitrogens with zero attached hydrogens (tertiary/aromatic N) is 5. The maximum atomic E-state index is 11.6. The number of imidazole rings is 1. The Bertz CT molecular complexity index is 2120. The topological polar surface area (TPSA) is 98.5 Å². The Balaban J connectivity index is 0.00000400. The fourth-order valence-electron chi connectivity index (χ4n) is 5.52. The molecule has 0 saturated carbocycles. The van der Waals surface area contributed by atoms with E-state index in [1.165, 1.54) is 0 Å². The number of hydrogen-bond donors (Lipinski definition) is 1. The van der Waals surface area contributed by atoms with Crippen LogP contribution in [0.4, 0.5) is 0 Å². The molecule has 0 aliphatic carbocycles. The summed E-state index contributed by atoms with van der Waals surface area (Å²) in [4.78, 5) is 9.67. The van der Waals surface area contributed by atoms with Crippen LogP contribution in [0.1, 0.15) is 61.8 Å². The minimum Gasteiger partial charge on any atom is -0.507 e. The second kappa shape index (κ2) is 12.9. The summed E-state index contributed by atoms with van der Waals surface area (Å²) in [5.41, 5.74) is 8.71. The molecule has 0 fully saturated rings. The number of phenols is 1. The number of aromatic nitrogens is 3. The molecule has 1 N–H and O–H groups in total. The summed E-state index contributed by atoms with van der Waals surface area (Å²) in [6.45, 7) is 8.46. The van der Waals surface area contributed by atoms with Crippen molar-refractivity contribution < 1.29 is 26.2 Å². The fourth-order valence-corrected chi connectivity index (χ4v) is 5.52. The smallest absolute Gasteiger partial charge is 0.148 e. The summed E-state index contributed by atoms with van der Waals surface area (Å²) in [5.74, 6) is 1.22. The molecule has 0 spiro atoms. The van der Waals surface area contributed by atoms with Gasteiger partial charge in [0.1, 0.15) is 11.6 Å². The third kappa shape index (κ3) is 5.90. The van der Waals surface area contributed by atoms with E-state index in [0.29, 0.717) is 44.9 Å². The van der Waals surface area contributed by atoms with Gasteiger partial charge in [-0.1, -0.05) is 81.3 Å². The Labute approximate surface area is 277 Å². The van der Waals surface area contributed by atoms with Gasteiger partial charge in [0.15, 0.2) is 0 Å². The van der Waals surface area contributed by atoms with Crippen LogP contribution >= 0.6 is 0 Å². The normalized spacial score (nSPS) is 10.9. The summed E-state index contributed by atoms with van der Waals surface area (Å²) in [5, 5.41) is 31.0. The monoisotopic (exact) mass is 767 g/mol. The third-order valence-electron chi connectivity index (χ3n) is 7.84. The molecular formula is C38H30N5OPt-. The summed E-state index contributed by atoms with van der Waals surface area (Å²) in [6.07, 6.45) is 1.58. The molecule has 4 aromatic carbocycles. The van der Waals surface area contributed by atoms with Crippen molar-refractivity contribution >= 4 is 11.0 Å². The van der Waals surface area contributed by atoms with E-state index < -0.39 is 0 Å². The second-order valence-corrected chi connectivity index (χ2v) is 11.4. The number of pyridine rings is 1. The molecule has 6 aromatic rings. The number of para-hydroxylation sites is 2. The minimum absolute atomic E-state index is 0. The van der Waals surface area contributed by atoms with E-state index >= 15 is 0 Å². The summed E-state index contributed by atoms with van der Waals surface area (Å²) in [7, 11) is 0. The molecule has 6 rings (SSSR count). The van der Waals surface area contributed by atoms with Crippen LogP contribution in [0.25, 0.3) is 50.5 Å². The summed E-state index contributed by atoms with van der Waals surface area (Å²) in [6, 6.07) is 34.8. The predicted molar refractivity (Wildman–Crippen MR) is 173 cm³/mol. The van der Waals surface area contributed by atoms with Crippen LogP contribution in [0.15, 0.2) is 91.1 Å². The number of benzene rings is 4. The van der Waals surface area contributed by atoms with Crippen LogP contribution in [0.5, 0.6) is 5.75 Å². The number of phenolic OH excluding ortho intramolecular Hbond substituents is 1. The van der Waals surface area contributed by atoms with Crippen LogP contribution in [-0.4, -0.2) is 19.6 Å². The molecule has 0 atom stereocenters. The first kappa shape index (κ1) is 31.4. The van der Waals surface area contributed by atoms with Crippen LogP contribution < -0.4 is 0 Å². The van der Waals surface area contributed by atoms with E-state index in [4.69, 9.17) is 4.98 Å². The predicted octanol–water partition coefficient (Wildman–Crippen LogP) is 8.91. The quantitative estimate of drug-likeness (QED) is 0.171. The molecule has 0 amide bonds. The van der Waals surface area contributed by atoms with Crippen molar-refractivity contribution in [3.8, 4) is 57.3 Å². The van der Waals surface area contributed by atoms with Crippen molar-refractivity contribution in [3.63, 3.8) is 0 Å². The van der Waals surface area contributed by atoms with Crippen molar-refractivity contribution in [2.75, 3.05) is 0 Å². The van der Waals surface area contributed by atoms with Crippen molar-refractivity contribution in [1.82, 2.24) is 14.5 Å². The van der Waals surface area contributed by atoms with Gasteiger partial charge < -0.3 is 5.11 Å². The van der Waals surface area contributed by atoms with Crippen LogP contribution in [0.3, 0.4) is 0 Å². The van der Waals surface area contributed by atoms with Gasteiger partial charge >= 0.3 is 0 Å². The van der Waals surface area contributed by atoms with Crippen LogP contribution in [0.2, 0.25) is 0 Å². The molecule has 0 saturated heterocycles. The number of rotatable bonds is 6. The van der Waals surface area contributed by atoms with Gasteiger partial charge in [-0.2, -0.15) is 10.5 Å². The molecule has 0 aliphatic rings. The Morgan fingerprint density at radius 2 is 1.51 bits per heavy atom. The van der Waals surface area contributed by atoms with Gasteiger partial charge in [0.2, 0.25) is 0 Å². The molecule has 7 heteroatoms. The Kier molecular flexibility index (Phi) is 9.01. The van der Waals surface area contributed by atoms with E-state index in [9.17, 15) is 15.6 Å². The SMILES string of the molecule is CC(C)c1cc(-c2nc3c(-c4[c-]c(-c5cc(C#N)ccn5)cc(C#N)c4)cccc3n2-c2ccccc2)c(O)c(C(C)C)c1.[Pt]. The standard InChI is InChI=1S/C38H30N5O.Pt/c1-23(2)27-19-32(24(3)4)37(44)33(20-27)38-42-36-31(11-8-12-35(36)43(38)30-9-6-5-7-10-30)28-15-26(22-40)16-29(18-28)34-17-25(21-39)13-14-41-34;/h5-17,19-20,23-24,44H,1-4H3;/q-1;. The first-order valence-electron chi connectivity index (χ1n) is 14.6. The molecule has 224 valence electrons. The van der Waals surface area contributed by atoms with Gasteiger partial charge in [-0.15, -0.1) is 23.8 Å². The zero-order valence-electron chi connectivity index (χ0n) is 25.3. The van der Waals surface area contributed by atoms with Crippen molar-refractivity contribution in [3.05, 3.63) is 119 Å². The molecule has 6 nitrogen and oxygen atoms in total. The minimum atomic E-state index is 0. The average Bonchev–Trinajstić information content (AvgIpc) is 3.44. The first-order valence-corrected chi connectivity index (χ1v) is 14.6. The van der Waals surface area contributed by atoms with Crippen molar-refractivity contribution in [2.45, 2.75) is 39.5 Å². The third-order valence-corrected chi connectivity index (χ3v) is 7.84. The Hall–Kier alpha value is -5.03. The zero-order valence-corrected chi connectivity index (χ0v) is 27.6. The van der Waals surface area contributed by atoms with Gasteiger partial charge in [0.25, 0.3) is 0 Å². The number of aromatic hydroxyl groups is 1. The van der Waals surface area contributed by atoms with Gasteiger partial charge in [-0.05, 0) is 58.9 Å². The van der Waals surface area contributed by atoms with Crippen LogP contribution in [0, 0.1) is 28.7 Å². The van der Waals surface area contributed by atoms with Gasteiger partial charge in [0, 0.05) is 44.2 Å². The Morgan fingerprint density at radius 3 is 2.20 bits per heavy atom. The van der Waals surface area contributed by atoms with Crippen LogP contribution in [-0.2, 0) is 21.1 Å². The maximum absolute atomic E-state index is 11.6. The number of fused-ring (bicyclic) bond motifs is 1. The van der Waals surface area contributed by atoms with Gasteiger partial charge in [-0.25, -0.2) is 4.98 Å². The molecule has 0 unspecified atom stereocenters. The second-order valence-electron chi connectivity index (χ2n) is 11.4. The molecular weight excluding hydrogens is 738 g/mol. The molecule has 0 radical (unpaired) electrons. The largest absolute Gasteiger partial charge is 0.507 e. The van der Waals surface area contributed by atoms with E-state index in [2.05, 4.69) is 61.5 Å². The summed E-state index contributed by atoms with van der Waals surface area (Å²) >= 11 is 0. The van der Waals surface area contributed by atoms with Gasteiger partial charge in [-0.3, -0.25) is 9.55 Å². The van der Waals surface area contributed by atoms with E-state index in [1.807, 2.05) is 54.6 Å². The molecule has 45 heavy (non-hydrogen) atoms. The summed E-state index contributed by atoms with van der Waals surface area (Å²) < 4.78 is 2.08. The average molecular weight is 768 g/mol. The van der Waals surface area contributed by atoms with E-state index in [-0.39, 0.29) is 38.7 Å². The van der Waals surface area contributed by atoms with E-state index in [1.54, 1.807) is 30.5 Å². The zero-order chi connectivity index (χ0) is 31.0. The molecule has 0 aliphatic heterocycles. The first-order chi connectivity index (χ1) is 21.3.